The van der Waals surface area contributed by atoms with E-state index in [1.54, 1.807) is 49.4 Å². The highest BCUT2D eigenvalue weighted by atomic mass is 35.5. The third kappa shape index (κ3) is 5.48. The summed E-state index contributed by atoms with van der Waals surface area (Å²) in [6.07, 6.45) is 0. The quantitative estimate of drug-likeness (QED) is 0.312. The van der Waals surface area contributed by atoms with Crippen LogP contribution in [0.3, 0.4) is 0 Å². The van der Waals surface area contributed by atoms with Gasteiger partial charge in [0.25, 0.3) is 5.91 Å². The van der Waals surface area contributed by atoms with Crippen LogP contribution in [-0.4, -0.2) is 22.4 Å². The molecule has 0 fully saturated rings. The number of anilines is 1. The van der Waals surface area contributed by atoms with Crippen LogP contribution in [0.4, 0.5) is 5.69 Å². The number of aromatic nitrogens is 1. The molecule has 3 aromatic carbocycles. The van der Waals surface area contributed by atoms with Crippen molar-refractivity contribution in [3.05, 3.63) is 99.7 Å². The van der Waals surface area contributed by atoms with Crippen LogP contribution in [0.1, 0.15) is 34.6 Å². The van der Waals surface area contributed by atoms with Crippen LogP contribution in [0, 0.1) is 6.92 Å². The van der Waals surface area contributed by atoms with Crippen LogP contribution in [0.2, 0.25) is 10.0 Å². The zero-order chi connectivity index (χ0) is 25.1. The number of amides is 3. The highest BCUT2D eigenvalue weighted by Gasteiger charge is 2.22. The van der Waals surface area contributed by atoms with E-state index < -0.39 is 17.7 Å². The van der Waals surface area contributed by atoms with E-state index in [0.717, 1.165) is 11.1 Å². The van der Waals surface area contributed by atoms with Gasteiger partial charge in [0.05, 0.1) is 11.6 Å². The van der Waals surface area contributed by atoms with Crippen molar-refractivity contribution < 1.29 is 14.4 Å². The van der Waals surface area contributed by atoms with Gasteiger partial charge >= 0.3 is 11.8 Å². The Bertz CT molecular complexity index is 1430. The van der Waals surface area contributed by atoms with E-state index in [-0.39, 0.29) is 11.7 Å². The number of rotatable bonds is 5. The molecular formula is C26H22Cl2N4O3. The number of hydrogen-bond donors (Lipinski definition) is 3. The summed E-state index contributed by atoms with van der Waals surface area (Å²) in [5.74, 6) is -2.27. The predicted octanol–water partition coefficient (Wildman–Crippen LogP) is 5.46. The molecule has 1 atom stereocenters. The molecule has 0 aliphatic rings. The Morgan fingerprint density at radius 3 is 2.34 bits per heavy atom. The molecule has 1 heterocycles. The summed E-state index contributed by atoms with van der Waals surface area (Å²) in [5.41, 5.74) is 5.35. The summed E-state index contributed by atoms with van der Waals surface area (Å²) < 4.78 is 1.27. The van der Waals surface area contributed by atoms with Gasteiger partial charge < -0.3 is 10.6 Å². The Morgan fingerprint density at radius 1 is 0.886 bits per heavy atom. The summed E-state index contributed by atoms with van der Waals surface area (Å²) in [6, 6.07) is 20.6. The van der Waals surface area contributed by atoms with Crippen molar-refractivity contribution >= 4 is 57.5 Å². The molecule has 178 valence electrons. The van der Waals surface area contributed by atoms with Crippen LogP contribution in [0.25, 0.3) is 10.9 Å². The molecule has 0 aliphatic heterocycles. The van der Waals surface area contributed by atoms with E-state index in [2.05, 4.69) is 16.1 Å². The van der Waals surface area contributed by atoms with Crippen LogP contribution in [0.15, 0.2) is 72.8 Å². The average molecular weight is 509 g/mol. The van der Waals surface area contributed by atoms with Gasteiger partial charge in [-0.05, 0) is 61.4 Å². The predicted molar refractivity (Wildman–Crippen MR) is 138 cm³/mol. The lowest BCUT2D eigenvalue weighted by atomic mass is 10.1. The first kappa shape index (κ1) is 24.3. The molecule has 0 bridgehead atoms. The van der Waals surface area contributed by atoms with Crippen molar-refractivity contribution in [1.82, 2.24) is 9.99 Å². The highest BCUT2D eigenvalue weighted by Crippen LogP contribution is 2.25. The number of hydrogen-bond acceptors (Lipinski definition) is 3. The van der Waals surface area contributed by atoms with Gasteiger partial charge in [0.2, 0.25) is 0 Å². The molecule has 3 N–H and O–H groups in total. The fourth-order valence-electron chi connectivity index (χ4n) is 3.58. The number of fused-ring (bicyclic) bond motifs is 1. The molecular weight excluding hydrogens is 487 g/mol. The molecule has 7 nitrogen and oxygen atoms in total. The monoisotopic (exact) mass is 508 g/mol. The smallest absolute Gasteiger partial charge is 0.328 e. The third-order valence-electron chi connectivity index (χ3n) is 5.49. The van der Waals surface area contributed by atoms with Gasteiger partial charge in [-0.1, -0.05) is 59.6 Å². The lowest BCUT2D eigenvalue weighted by molar-refractivity contribution is -0.137. The van der Waals surface area contributed by atoms with Gasteiger partial charge in [-0.3, -0.25) is 19.8 Å². The number of aryl methyl sites for hydroxylation is 1. The van der Waals surface area contributed by atoms with Gasteiger partial charge in [0, 0.05) is 21.1 Å². The fraction of sp³-hybridized carbons (Fsp3) is 0.115. The number of carbonyl (C=O) groups is 3. The van der Waals surface area contributed by atoms with Gasteiger partial charge in [0.1, 0.15) is 5.69 Å². The number of nitrogens with zero attached hydrogens (tertiary/aromatic N) is 1. The Kier molecular flexibility index (Phi) is 7.10. The Labute approximate surface area is 212 Å². The number of carbonyl (C=O) groups excluding carboxylic acids is 3. The number of benzene rings is 3. The van der Waals surface area contributed by atoms with E-state index in [9.17, 15) is 14.4 Å². The van der Waals surface area contributed by atoms with Crippen molar-refractivity contribution in [1.29, 1.82) is 0 Å². The van der Waals surface area contributed by atoms with Crippen LogP contribution in [0.5, 0.6) is 0 Å². The Balaban J connectivity index is 1.60. The summed E-state index contributed by atoms with van der Waals surface area (Å²) in [6.45, 7) is 3.63. The minimum Gasteiger partial charge on any atom is -0.341 e. The maximum atomic E-state index is 13.1. The Morgan fingerprint density at radius 2 is 1.63 bits per heavy atom. The molecule has 4 rings (SSSR count). The maximum absolute atomic E-state index is 13.1. The van der Waals surface area contributed by atoms with Gasteiger partial charge in [-0.2, -0.15) is 0 Å². The summed E-state index contributed by atoms with van der Waals surface area (Å²) in [7, 11) is 0. The summed E-state index contributed by atoms with van der Waals surface area (Å²) in [5, 5.41) is 7.02. The van der Waals surface area contributed by atoms with Crippen LogP contribution < -0.4 is 16.1 Å². The number of halogens is 2. The lowest BCUT2D eigenvalue weighted by Crippen LogP contribution is -2.40. The molecule has 0 saturated heterocycles. The molecule has 0 unspecified atom stereocenters. The lowest BCUT2D eigenvalue weighted by Gasteiger charge is -2.16. The van der Waals surface area contributed by atoms with E-state index in [4.69, 9.17) is 23.2 Å². The molecule has 0 radical (unpaired) electrons. The van der Waals surface area contributed by atoms with Crippen molar-refractivity contribution in [2.24, 2.45) is 0 Å². The summed E-state index contributed by atoms with van der Waals surface area (Å²) in [4.78, 5) is 38.5. The van der Waals surface area contributed by atoms with Gasteiger partial charge in [-0.25, -0.2) is 4.68 Å². The second-order valence-corrected chi connectivity index (χ2v) is 8.88. The van der Waals surface area contributed by atoms with E-state index in [0.29, 0.717) is 26.6 Å². The molecule has 3 amide bonds. The van der Waals surface area contributed by atoms with E-state index >= 15 is 0 Å². The van der Waals surface area contributed by atoms with Crippen molar-refractivity contribution in [3.8, 4) is 0 Å². The highest BCUT2D eigenvalue weighted by molar-refractivity contribution is 6.38. The van der Waals surface area contributed by atoms with Crippen molar-refractivity contribution in [2.75, 3.05) is 10.7 Å². The standard InChI is InChI=1S/C26H22Cl2N4O3/c1-15-8-10-20(14-21(15)28)30-24(33)23-13-18-12-19(27)9-11-22(18)32(23)31-26(35)25(34)29-16(2)17-6-4-3-5-7-17/h3-14,16H,1-2H3,(H,29,34)(H,30,33)(H,31,35)/t16-/m1/s1. The second-order valence-electron chi connectivity index (χ2n) is 8.03. The van der Waals surface area contributed by atoms with Gasteiger partial charge in [-0.15, -0.1) is 0 Å². The minimum atomic E-state index is -0.923. The van der Waals surface area contributed by atoms with Crippen LogP contribution in [-0.2, 0) is 9.59 Å². The summed E-state index contributed by atoms with van der Waals surface area (Å²) >= 11 is 12.3. The minimum absolute atomic E-state index is 0.108. The van der Waals surface area contributed by atoms with Gasteiger partial charge in [0.15, 0.2) is 0 Å². The SMILES string of the molecule is Cc1ccc(NC(=O)c2cc3cc(Cl)ccc3n2NC(=O)C(=O)N[C@H](C)c2ccccc2)cc1Cl. The zero-order valence-electron chi connectivity index (χ0n) is 18.9. The Hall–Kier alpha value is -3.81. The third-order valence-corrected chi connectivity index (χ3v) is 6.13. The molecule has 0 spiro atoms. The maximum Gasteiger partial charge on any atom is 0.328 e. The second kappa shape index (κ2) is 10.2. The first-order valence-corrected chi connectivity index (χ1v) is 11.5. The zero-order valence-corrected chi connectivity index (χ0v) is 20.4. The molecule has 1 aromatic heterocycles. The number of nitrogens with one attached hydrogen (secondary N) is 3. The molecule has 4 aromatic rings. The van der Waals surface area contributed by atoms with Crippen molar-refractivity contribution in [3.63, 3.8) is 0 Å². The van der Waals surface area contributed by atoms with Crippen LogP contribution >= 0.6 is 23.2 Å². The molecule has 0 aliphatic carbocycles. The first-order chi connectivity index (χ1) is 16.7. The topological polar surface area (TPSA) is 92.2 Å². The molecule has 35 heavy (non-hydrogen) atoms. The van der Waals surface area contributed by atoms with Crippen molar-refractivity contribution in [2.45, 2.75) is 19.9 Å². The largest absolute Gasteiger partial charge is 0.341 e. The average Bonchev–Trinajstić information content (AvgIpc) is 3.19. The normalized spacial score (nSPS) is 11.7. The van der Waals surface area contributed by atoms with E-state index in [1.807, 2.05) is 37.3 Å². The molecule has 9 heteroatoms. The molecule has 0 saturated carbocycles. The first-order valence-electron chi connectivity index (χ1n) is 10.8. The van der Waals surface area contributed by atoms with E-state index in [1.165, 1.54) is 4.68 Å². The fourth-order valence-corrected chi connectivity index (χ4v) is 3.94.